The van der Waals surface area contributed by atoms with E-state index in [1.165, 1.54) is 0 Å². The minimum absolute atomic E-state index is 0.446. The fourth-order valence-corrected chi connectivity index (χ4v) is 1.12. The highest BCUT2D eigenvalue weighted by molar-refractivity contribution is 5.51. The van der Waals surface area contributed by atoms with Crippen LogP contribution < -0.4 is 0 Å². The van der Waals surface area contributed by atoms with E-state index in [4.69, 9.17) is 5.26 Å². The zero-order valence-electron chi connectivity index (χ0n) is 7.72. The van der Waals surface area contributed by atoms with Crippen LogP contribution in [0.1, 0.15) is 17.7 Å². The van der Waals surface area contributed by atoms with E-state index < -0.39 is 40.5 Å². The SMILES string of the molecule is N#CCc1c([N+](=O)[O-])cnc(C(F)F)c1O. The molecule has 16 heavy (non-hydrogen) atoms. The molecule has 0 atom stereocenters. The molecule has 0 saturated heterocycles. The van der Waals surface area contributed by atoms with Crippen molar-refractivity contribution in [2.75, 3.05) is 0 Å². The van der Waals surface area contributed by atoms with Crippen molar-refractivity contribution in [2.45, 2.75) is 12.8 Å². The van der Waals surface area contributed by atoms with Crippen LogP contribution in [0.2, 0.25) is 0 Å². The van der Waals surface area contributed by atoms with Gasteiger partial charge in [0.25, 0.3) is 12.1 Å². The molecule has 0 unspecified atom stereocenters. The third kappa shape index (κ3) is 2.03. The molecule has 0 aliphatic rings. The number of hydrogen-bond donors (Lipinski definition) is 1. The van der Waals surface area contributed by atoms with Crippen LogP contribution in [0.5, 0.6) is 5.75 Å². The zero-order chi connectivity index (χ0) is 12.3. The average molecular weight is 229 g/mol. The molecule has 1 aromatic heterocycles. The molecule has 0 aliphatic carbocycles. The van der Waals surface area contributed by atoms with Crippen molar-refractivity contribution < 1.29 is 18.8 Å². The van der Waals surface area contributed by atoms with Crippen molar-refractivity contribution >= 4 is 5.69 Å². The topological polar surface area (TPSA) is 100 Å². The van der Waals surface area contributed by atoms with Crippen LogP contribution in [0.25, 0.3) is 0 Å². The molecule has 0 aliphatic heterocycles. The Bertz CT molecular complexity index is 470. The Balaban J connectivity index is 3.42. The lowest BCUT2D eigenvalue weighted by atomic mass is 10.1. The second-order valence-electron chi connectivity index (χ2n) is 2.75. The first-order chi connectivity index (χ1) is 7.49. The Morgan fingerprint density at radius 2 is 2.31 bits per heavy atom. The van der Waals surface area contributed by atoms with Crippen molar-refractivity contribution in [1.82, 2.24) is 4.98 Å². The number of aromatic hydroxyl groups is 1. The Morgan fingerprint density at radius 1 is 1.69 bits per heavy atom. The molecule has 0 aromatic carbocycles. The van der Waals surface area contributed by atoms with Gasteiger partial charge in [-0.2, -0.15) is 5.26 Å². The fourth-order valence-electron chi connectivity index (χ4n) is 1.12. The highest BCUT2D eigenvalue weighted by atomic mass is 19.3. The third-order valence-corrected chi connectivity index (χ3v) is 1.82. The molecule has 1 aromatic rings. The summed E-state index contributed by atoms with van der Waals surface area (Å²) in [6.07, 6.45) is -2.99. The maximum absolute atomic E-state index is 12.3. The summed E-state index contributed by atoms with van der Waals surface area (Å²) >= 11 is 0. The van der Waals surface area contributed by atoms with Gasteiger partial charge in [-0.3, -0.25) is 10.1 Å². The third-order valence-electron chi connectivity index (χ3n) is 1.82. The van der Waals surface area contributed by atoms with Crippen LogP contribution in [0, 0.1) is 21.4 Å². The number of pyridine rings is 1. The van der Waals surface area contributed by atoms with E-state index in [2.05, 4.69) is 4.98 Å². The quantitative estimate of drug-likeness (QED) is 0.627. The number of alkyl halides is 2. The van der Waals surface area contributed by atoms with Crippen LogP contribution in [0.15, 0.2) is 6.20 Å². The molecule has 0 saturated carbocycles. The molecular formula is C8H5F2N3O3. The van der Waals surface area contributed by atoms with Gasteiger partial charge in [0, 0.05) is 0 Å². The Kier molecular flexibility index (Phi) is 3.30. The average Bonchev–Trinajstić information content (AvgIpc) is 2.20. The Hall–Kier alpha value is -2.30. The first-order valence-corrected chi connectivity index (χ1v) is 3.99. The predicted octanol–water partition coefficient (Wildman–Crippen LogP) is 1.70. The van der Waals surface area contributed by atoms with E-state index in [0.717, 1.165) is 0 Å². The van der Waals surface area contributed by atoms with E-state index in [9.17, 15) is 24.0 Å². The maximum Gasteiger partial charge on any atom is 0.295 e. The molecular weight excluding hydrogens is 224 g/mol. The molecule has 8 heteroatoms. The summed E-state index contributed by atoms with van der Waals surface area (Å²) in [5.74, 6) is -0.995. The molecule has 84 valence electrons. The lowest BCUT2D eigenvalue weighted by Gasteiger charge is -2.06. The fraction of sp³-hybridized carbons (Fsp3) is 0.250. The van der Waals surface area contributed by atoms with Crippen LogP contribution in [0.3, 0.4) is 0 Å². The summed E-state index contributed by atoms with van der Waals surface area (Å²) in [7, 11) is 0. The van der Waals surface area contributed by atoms with Crippen molar-refractivity contribution in [3.63, 3.8) is 0 Å². The lowest BCUT2D eigenvalue weighted by Crippen LogP contribution is -2.01. The standard InChI is InChI=1S/C8H5F2N3O3/c9-8(10)6-7(14)4(1-2-11)5(3-12-6)13(15)16/h3,8,14H,1H2. The van der Waals surface area contributed by atoms with Gasteiger partial charge in [0.15, 0.2) is 5.75 Å². The van der Waals surface area contributed by atoms with E-state index in [-0.39, 0.29) is 0 Å². The molecule has 0 spiro atoms. The summed E-state index contributed by atoms with van der Waals surface area (Å²) < 4.78 is 24.6. The van der Waals surface area contributed by atoms with Crippen LogP contribution in [0.4, 0.5) is 14.5 Å². The predicted molar refractivity (Wildman–Crippen MR) is 46.8 cm³/mol. The first kappa shape index (κ1) is 11.8. The Morgan fingerprint density at radius 3 is 2.75 bits per heavy atom. The largest absolute Gasteiger partial charge is 0.505 e. The lowest BCUT2D eigenvalue weighted by molar-refractivity contribution is -0.385. The van der Waals surface area contributed by atoms with E-state index in [1.54, 1.807) is 6.07 Å². The molecule has 1 heterocycles. The number of rotatable bonds is 3. The molecule has 0 radical (unpaired) electrons. The first-order valence-electron chi connectivity index (χ1n) is 3.99. The smallest absolute Gasteiger partial charge is 0.295 e. The van der Waals surface area contributed by atoms with Crippen molar-refractivity contribution in [1.29, 1.82) is 5.26 Å². The van der Waals surface area contributed by atoms with Crippen molar-refractivity contribution in [3.05, 3.63) is 27.6 Å². The molecule has 0 amide bonds. The number of hydrogen-bond acceptors (Lipinski definition) is 5. The summed E-state index contributed by atoms with van der Waals surface area (Å²) in [6, 6.07) is 1.55. The number of aromatic nitrogens is 1. The van der Waals surface area contributed by atoms with E-state index in [1.807, 2.05) is 0 Å². The summed E-state index contributed by atoms with van der Waals surface area (Å²) in [5, 5.41) is 28.2. The highest BCUT2D eigenvalue weighted by Gasteiger charge is 2.25. The van der Waals surface area contributed by atoms with Crippen molar-refractivity contribution in [3.8, 4) is 11.8 Å². The second kappa shape index (κ2) is 4.48. The van der Waals surface area contributed by atoms with Gasteiger partial charge in [-0.15, -0.1) is 0 Å². The minimum atomic E-state index is -3.06. The van der Waals surface area contributed by atoms with Gasteiger partial charge >= 0.3 is 0 Å². The van der Waals surface area contributed by atoms with Gasteiger partial charge in [0.2, 0.25) is 0 Å². The van der Waals surface area contributed by atoms with Crippen LogP contribution in [-0.4, -0.2) is 15.0 Å². The molecule has 0 bridgehead atoms. The van der Waals surface area contributed by atoms with Gasteiger partial charge in [0.05, 0.1) is 23.0 Å². The molecule has 6 nitrogen and oxygen atoms in total. The highest BCUT2D eigenvalue weighted by Crippen LogP contribution is 2.34. The number of nitriles is 1. The number of nitro groups is 1. The van der Waals surface area contributed by atoms with Gasteiger partial charge in [0.1, 0.15) is 11.9 Å². The zero-order valence-corrected chi connectivity index (χ0v) is 7.72. The molecule has 1 N–H and O–H groups in total. The molecule has 0 fully saturated rings. The van der Waals surface area contributed by atoms with Crippen molar-refractivity contribution in [2.24, 2.45) is 0 Å². The minimum Gasteiger partial charge on any atom is -0.505 e. The van der Waals surface area contributed by atoms with Gasteiger partial charge in [-0.05, 0) is 0 Å². The van der Waals surface area contributed by atoms with E-state index in [0.29, 0.717) is 6.20 Å². The summed E-state index contributed by atoms with van der Waals surface area (Å²) in [5.41, 5.74) is -2.06. The van der Waals surface area contributed by atoms with Gasteiger partial charge in [-0.25, -0.2) is 13.8 Å². The maximum atomic E-state index is 12.3. The molecule has 1 rings (SSSR count). The summed E-state index contributed by atoms with van der Waals surface area (Å²) in [6.45, 7) is 0. The van der Waals surface area contributed by atoms with Gasteiger partial charge < -0.3 is 5.11 Å². The van der Waals surface area contributed by atoms with Crippen LogP contribution in [-0.2, 0) is 6.42 Å². The monoisotopic (exact) mass is 229 g/mol. The van der Waals surface area contributed by atoms with Crippen LogP contribution >= 0.6 is 0 Å². The number of nitrogens with zero attached hydrogens (tertiary/aromatic N) is 3. The number of halogens is 2. The Labute approximate surface area is 87.9 Å². The summed E-state index contributed by atoms with van der Waals surface area (Å²) in [4.78, 5) is 12.7. The van der Waals surface area contributed by atoms with E-state index >= 15 is 0 Å². The normalized spacial score (nSPS) is 10.1. The second-order valence-corrected chi connectivity index (χ2v) is 2.75. The van der Waals surface area contributed by atoms with Gasteiger partial charge in [-0.1, -0.05) is 0 Å².